The molecule has 0 aliphatic heterocycles. The van der Waals surface area contributed by atoms with Crippen molar-refractivity contribution < 1.29 is 18.0 Å². The number of nitrogens with zero attached hydrogens (tertiary/aromatic N) is 2. The first-order valence-electron chi connectivity index (χ1n) is 8.39. The van der Waals surface area contributed by atoms with Crippen molar-refractivity contribution in [2.45, 2.75) is 37.5 Å². The third kappa shape index (κ3) is 2.71. The first kappa shape index (κ1) is 16.2. The molecular weight excluding hydrogens is 331 g/mol. The van der Waals surface area contributed by atoms with Crippen molar-refractivity contribution in [1.29, 1.82) is 0 Å². The molecule has 25 heavy (non-hydrogen) atoms. The van der Waals surface area contributed by atoms with Crippen LogP contribution in [0.25, 0.3) is 11.3 Å². The van der Waals surface area contributed by atoms with E-state index >= 15 is 0 Å². The van der Waals surface area contributed by atoms with Crippen LogP contribution in [0.1, 0.15) is 37.2 Å². The molecule has 2 aromatic rings. The van der Waals surface area contributed by atoms with Crippen molar-refractivity contribution in [2.24, 2.45) is 13.0 Å². The number of hydrogen-bond acceptors (Lipinski definition) is 2. The Morgan fingerprint density at radius 2 is 2.00 bits per heavy atom. The minimum atomic E-state index is -2.93. The predicted molar refractivity (Wildman–Crippen MR) is 86.9 cm³/mol. The van der Waals surface area contributed by atoms with Crippen LogP contribution in [0.4, 0.5) is 19.0 Å². The summed E-state index contributed by atoms with van der Waals surface area (Å²) in [5, 5.41) is 6.86. The van der Waals surface area contributed by atoms with Gasteiger partial charge >= 0.3 is 0 Å². The molecule has 7 heteroatoms. The molecule has 1 atom stereocenters. The van der Waals surface area contributed by atoms with Gasteiger partial charge in [0.25, 0.3) is 5.92 Å². The van der Waals surface area contributed by atoms with Gasteiger partial charge in [-0.1, -0.05) is 18.6 Å². The summed E-state index contributed by atoms with van der Waals surface area (Å²) < 4.78 is 42.1. The second-order valence-corrected chi connectivity index (χ2v) is 6.85. The number of halogens is 3. The Bertz CT molecular complexity index is 842. The van der Waals surface area contributed by atoms with Crippen LogP contribution >= 0.6 is 0 Å². The molecule has 0 saturated heterocycles. The van der Waals surface area contributed by atoms with Gasteiger partial charge in [0.15, 0.2) is 5.82 Å². The van der Waals surface area contributed by atoms with Crippen LogP contribution in [0.5, 0.6) is 0 Å². The van der Waals surface area contributed by atoms with Crippen LogP contribution in [-0.2, 0) is 11.8 Å². The van der Waals surface area contributed by atoms with Crippen molar-refractivity contribution >= 4 is 11.7 Å². The van der Waals surface area contributed by atoms with Crippen LogP contribution in [0.3, 0.4) is 0 Å². The van der Waals surface area contributed by atoms with Gasteiger partial charge in [0.1, 0.15) is 11.7 Å². The van der Waals surface area contributed by atoms with Gasteiger partial charge in [-0.3, -0.25) is 9.48 Å². The number of nitrogens with one attached hydrogen (secondary N) is 1. The number of alkyl halides is 2. The molecular formula is C18H18F3N3O. The molecule has 1 amide bonds. The molecule has 0 spiro atoms. The Labute approximate surface area is 143 Å². The molecule has 2 fully saturated rings. The fourth-order valence-corrected chi connectivity index (χ4v) is 3.39. The lowest BCUT2D eigenvalue weighted by atomic mass is 9.78. The van der Waals surface area contributed by atoms with Gasteiger partial charge in [-0.2, -0.15) is 5.10 Å². The van der Waals surface area contributed by atoms with E-state index in [0.717, 1.165) is 24.8 Å². The van der Waals surface area contributed by atoms with E-state index in [1.54, 1.807) is 25.2 Å². The topological polar surface area (TPSA) is 46.9 Å². The van der Waals surface area contributed by atoms with E-state index in [1.807, 2.05) is 0 Å². The number of amides is 1. The van der Waals surface area contributed by atoms with Crippen LogP contribution in [0, 0.1) is 11.7 Å². The van der Waals surface area contributed by atoms with E-state index in [0.29, 0.717) is 11.3 Å². The average molecular weight is 349 g/mol. The van der Waals surface area contributed by atoms with Crippen LogP contribution in [-0.4, -0.2) is 21.6 Å². The molecule has 0 unspecified atom stereocenters. The summed E-state index contributed by atoms with van der Waals surface area (Å²) in [4.78, 5) is 12.1. The van der Waals surface area contributed by atoms with Gasteiger partial charge in [-0.15, -0.1) is 0 Å². The Kier molecular flexibility index (Phi) is 3.63. The predicted octanol–water partition coefficient (Wildman–Crippen LogP) is 4.09. The third-order valence-electron chi connectivity index (χ3n) is 5.11. The van der Waals surface area contributed by atoms with Crippen LogP contribution in [0.15, 0.2) is 24.3 Å². The highest BCUT2D eigenvalue weighted by Crippen LogP contribution is 2.50. The van der Waals surface area contributed by atoms with E-state index < -0.39 is 24.2 Å². The SMILES string of the molecule is Cn1nc(NC(=O)[C@H]2CC2(F)F)c(C2CCC2)c1-c1ccccc1F. The van der Waals surface area contributed by atoms with Crippen LogP contribution < -0.4 is 5.32 Å². The summed E-state index contributed by atoms with van der Waals surface area (Å²) in [5.74, 6) is -4.89. The zero-order valence-corrected chi connectivity index (χ0v) is 13.7. The molecule has 4 nitrogen and oxygen atoms in total. The van der Waals surface area contributed by atoms with Gasteiger partial charge < -0.3 is 5.32 Å². The van der Waals surface area contributed by atoms with Gasteiger partial charge in [0.2, 0.25) is 5.91 Å². The quantitative estimate of drug-likeness (QED) is 0.904. The number of aromatic nitrogens is 2. The van der Waals surface area contributed by atoms with E-state index in [4.69, 9.17) is 0 Å². The van der Waals surface area contributed by atoms with Gasteiger partial charge in [0.05, 0.1) is 5.69 Å². The minimum absolute atomic E-state index is 0.151. The monoisotopic (exact) mass is 349 g/mol. The van der Waals surface area contributed by atoms with E-state index in [1.165, 1.54) is 10.7 Å². The lowest BCUT2D eigenvalue weighted by molar-refractivity contribution is -0.119. The third-order valence-corrected chi connectivity index (χ3v) is 5.11. The van der Waals surface area contributed by atoms with Crippen molar-refractivity contribution in [3.8, 4) is 11.3 Å². The van der Waals surface area contributed by atoms with Crippen molar-refractivity contribution in [3.05, 3.63) is 35.6 Å². The summed E-state index contributed by atoms with van der Waals surface area (Å²) >= 11 is 0. The van der Waals surface area contributed by atoms with Crippen LogP contribution in [0.2, 0.25) is 0 Å². The zero-order valence-electron chi connectivity index (χ0n) is 13.7. The van der Waals surface area contributed by atoms with Gasteiger partial charge in [0, 0.05) is 24.6 Å². The Hall–Kier alpha value is -2.31. The molecule has 2 saturated carbocycles. The maximum Gasteiger partial charge on any atom is 0.260 e. The normalized spacial score (nSPS) is 21.7. The minimum Gasteiger partial charge on any atom is -0.309 e. The highest BCUT2D eigenvalue weighted by Gasteiger charge is 2.61. The fourth-order valence-electron chi connectivity index (χ4n) is 3.39. The highest BCUT2D eigenvalue weighted by molar-refractivity contribution is 5.96. The van der Waals surface area contributed by atoms with Crippen molar-refractivity contribution in [2.75, 3.05) is 5.32 Å². The number of benzene rings is 1. The lowest BCUT2D eigenvalue weighted by Gasteiger charge is -2.27. The standard InChI is InChI=1S/C18H18F3N3O/c1-24-15(11-7-2-3-8-13(11)19)14(10-5-4-6-10)16(23-24)22-17(25)12-9-18(12,20)21/h2-3,7-8,10,12H,4-6,9H2,1H3,(H,22,23,25)/t12-/m1/s1. The molecule has 1 heterocycles. The zero-order chi connectivity index (χ0) is 17.8. The number of hydrogen-bond donors (Lipinski definition) is 1. The van der Waals surface area contributed by atoms with Crippen molar-refractivity contribution in [3.63, 3.8) is 0 Å². The summed E-state index contributed by atoms with van der Waals surface area (Å²) in [6.45, 7) is 0. The largest absolute Gasteiger partial charge is 0.309 e. The number of carbonyl (C=O) groups excluding carboxylic acids is 1. The average Bonchev–Trinajstić information content (AvgIpc) is 3.04. The lowest BCUT2D eigenvalue weighted by Crippen LogP contribution is -2.20. The van der Waals surface area contributed by atoms with Gasteiger partial charge in [-0.25, -0.2) is 13.2 Å². The molecule has 1 aromatic carbocycles. The smallest absolute Gasteiger partial charge is 0.260 e. The first-order valence-corrected chi connectivity index (χ1v) is 8.39. The molecule has 1 aromatic heterocycles. The number of aryl methyl sites for hydroxylation is 1. The van der Waals surface area contributed by atoms with E-state index in [2.05, 4.69) is 10.4 Å². The maximum atomic E-state index is 14.3. The summed E-state index contributed by atoms with van der Waals surface area (Å²) in [6.07, 6.45) is 2.44. The van der Waals surface area contributed by atoms with Crippen molar-refractivity contribution in [1.82, 2.24) is 9.78 Å². The van der Waals surface area contributed by atoms with E-state index in [-0.39, 0.29) is 17.6 Å². The molecule has 0 bridgehead atoms. The molecule has 2 aliphatic rings. The summed E-state index contributed by atoms with van der Waals surface area (Å²) in [7, 11) is 1.67. The molecule has 1 N–H and O–H groups in total. The Morgan fingerprint density at radius 3 is 2.56 bits per heavy atom. The number of anilines is 1. The second-order valence-electron chi connectivity index (χ2n) is 6.85. The van der Waals surface area contributed by atoms with Gasteiger partial charge in [-0.05, 0) is 30.9 Å². The second kappa shape index (κ2) is 5.61. The fraction of sp³-hybridized carbons (Fsp3) is 0.444. The van der Waals surface area contributed by atoms with E-state index in [9.17, 15) is 18.0 Å². The number of rotatable bonds is 4. The Balaban J connectivity index is 1.74. The Morgan fingerprint density at radius 1 is 1.32 bits per heavy atom. The highest BCUT2D eigenvalue weighted by atomic mass is 19.3. The maximum absolute atomic E-state index is 14.3. The molecule has 2 aliphatic carbocycles. The first-order chi connectivity index (χ1) is 11.9. The molecule has 4 rings (SSSR count). The molecule has 0 radical (unpaired) electrons. The molecule has 132 valence electrons. The summed E-state index contributed by atoms with van der Waals surface area (Å²) in [5.41, 5.74) is 1.74. The number of carbonyl (C=O) groups is 1. The summed E-state index contributed by atoms with van der Waals surface area (Å²) in [6, 6.07) is 6.38.